The molecule has 103 heavy (non-hydrogen) atoms. The molecule has 586 valence electrons. The molecule has 5 atom stereocenters. The van der Waals surface area contributed by atoms with Crippen molar-refractivity contribution < 1.29 is 75.8 Å². The van der Waals surface area contributed by atoms with Crippen LogP contribution in [-0.2, 0) is 55.8 Å². The van der Waals surface area contributed by atoms with Crippen LogP contribution in [0.15, 0.2) is 170 Å². The van der Waals surface area contributed by atoms with Gasteiger partial charge in [-0.25, -0.2) is 9.13 Å². The van der Waals surface area contributed by atoms with Crippen molar-refractivity contribution in [1.82, 2.24) is 0 Å². The average Bonchev–Trinajstić information content (AvgIpc) is 0.939. The van der Waals surface area contributed by atoms with Gasteiger partial charge < -0.3 is 34.2 Å². The van der Waals surface area contributed by atoms with E-state index in [0.717, 1.165) is 141 Å². The van der Waals surface area contributed by atoms with Crippen molar-refractivity contribution in [2.75, 3.05) is 39.6 Å². The van der Waals surface area contributed by atoms with E-state index >= 15 is 0 Å². The summed E-state index contributed by atoms with van der Waals surface area (Å²) >= 11 is 0. The first-order chi connectivity index (χ1) is 50.2. The number of allylic oxidation sites excluding steroid dienone is 28. The van der Waals surface area contributed by atoms with Crippen molar-refractivity contribution >= 4 is 33.6 Å². The van der Waals surface area contributed by atoms with Gasteiger partial charge in [-0.05, 0) is 141 Å². The molecule has 5 unspecified atom stereocenters. The third kappa shape index (κ3) is 77.8. The van der Waals surface area contributed by atoms with E-state index in [4.69, 9.17) is 32.3 Å². The average molecular weight is 1480 g/mol. The number of hydrogen-bond acceptors (Lipinski definition) is 14. The number of rotatable bonds is 73. The first kappa shape index (κ1) is 97.9. The van der Waals surface area contributed by atoms with E-state index in [0.29, 0.717) is 25.7 Å². The zero-order chi connectivity index (χ0) is 75.2. The Kier molecular flexibility index (Phi) is 72.8. The zero-order valence-corrected chi connectivity index (χ0v) is 65.7. The van der Waals surface area contributed by atoms with E-state index in [-0.39, 0.29) is 19.3 Å². The number of aliphatic hydroxyl groups excluding tert-OH is 2. The van der Waals surface area contributed by atoms with Crippen LogP contribution in [0.5, 0.6) is 0 Å². The molecule has 0 bridgehead atoms. The number of ether oxygens (including phenoxy) is 3. The van der Waals surface area contributed by atoms with Crippen LogP contribution in [0.3, 0.4) is 0 Å². The summed E-state index contributed by atoms with van der Waals surface area (Å²) in [6.07, 6.45) is 97.0. The van der Waals surface area contributed by atoms with Crippen LogP contribution >= 0.6 is 15.6 Å². The molecule has 0 aliphatic rings. The highest BCUT2D eigenvalue weighted by Gasteiger charge is 2.29. The van der Waals surface area contributed by atoms with Crippen molar-refractivity contribution in [2.24, 2.45) is 0 Å². The predicted octanol–water partition coefficient (Wildman–Crippen LogP) is 23.2. The van der Waals surface area contributed by atoms with E-state index in [9.17, 15) is 43.5 Å². The summed E-state index contributed by atoms with van der Waals surface area (Å²) in [5.74, 6) is -1.70. The van der Waals surface area contributed by atoms with Gasteiger partial charge in [-0.15, -0.1) is 0 Å². The topological polar surface area (TPSA) is 231 Å². The number of hydrogen-bond donors (Lipinski definition) is 4. The van der Waals surface area contributed by atoms with Crippen LogP contribution < -0.4 is 0 Å². The molecule has 0 fully saturated rings. The molecule has 0 aromatic rings. The van der Waals surface area contributed by atoms with Gasteiger partial charge in [-0.2, -0.15) is 0 Å². The Morgan fingerprint density at radius 2 is 0.534 bits per heavy atom. The third-order valence-corrected chi connectivity index (χ3v) is 17.8. The Balaban J connectivity index is 4.64. The van der Waals surface area contributed by atoms with Crippen molar-refractivity contribution in [3.63, 3.8) is 0 Å². The monoisotopic (exact) mass is 1480 g/mol. The molecule has 0 spiro atoms. The summed E-state index contributed by atoms with van der Waals surface area (Å²) in [4.78, 5) is 58.6. The maximum Gasteiger partial charge on any atom is 0.472 e. The van der Waals surface area contributed by atoms with Crippen LogP contribution in [0.25, 0.3) is 0 Å². The lowest BCUT2D eigenvalue weighted by Crippen LogP contribution is -2.30. The van der Waals surface area contributed by atoms with Crippen LogP contribution in [0.4, 0.5) is 0 Å². The number of carbonyl (C=O) groups is 3. The molecule has 0 radical (unpaired) electrons. The van der Waals surface area contributed by atoms with Gasteiger partial charge in [-0.1, -0.05) is 300 Å². The van der Waals surface area contributed by atoms with Crippen LogP contribution in [0, 0.1) is 0 Å². The largest absolute Gasteiger partial charge is 0.472 e. The molecular formula is C85H140O16P2. The summed E-state index contributed by atoms with van der Waals surface area (Å²) in [7, 11) is -9.83. The minimum atomic E-state index is -4.96. The number of esters is 3. The van der Waals surface area contributed by atoms with Gasteiger partial charge in [0.1, 0.15) is 25.4 Å². The third-order valence-electron chi connectivity index (χ3n) is 15.9. The molecule has 0 amide bonds. The first-order valence-electron chi connectivity index (χ1n) is 39.4. The maximum atomic E-state index is 13.0. The van der Waals surface area contributed by atoms with E-state index in [2.05, 4.69) is 173 Å². The Morgan fingerprint density at radius 3 is 0.874 bits per heavy atom. The van der Waals surface area contributed by atoms with Crippen molar-refractivity contribution in [2.45, 2.75) is 309 Å². The van der Waals surface area contributed by atoms with Gasteiger partial charge in [0.2, 0.25) is 0 Å². The molecule has 0 aromatic heterocycles. The summed E-state index contributed by atoms with van der Waals surface area (Å²) in [5, 5.41) is 20.6. The van der Waals surface area contributed by atoms with E-state index in [1.807, 2.05) is 18.2 Å². The molecule has 0 rings (SSSR count). The summed E-state index contributed by atoms with van der Waals surface area (Å²) in [5.41, 5.74) is 0. The Labute approximate surface area is 624 Å². The van der Waals surface area contributed by atoms with Crippen molar-refractivity contribution in [3.05, 3.63) is 170 Å². The second kappa shape index (κ2) is 76.6. The predicted molar refractivity (Wildman–Crippen MR) is 426 cm³/mol. The first-order valence-corrected chi connectivity index (χ1v) is 42.4. The summed E-state index contributed by atoms with van der Waals surface area (Å²) < 4.78 is 61.1. The zero-order valence-electron chi connectivity index (χ0n) is 63.9. The highest BCUT2D eigenvalue weighted by molar-refractivity contribution is 7.47. The molecule has 0 heterocycles. The standard InChI is InChI=1S/C85H140O16P2/c1-4-7-10-13-16-19-22-25-28-31-34-35-36-37-38-39-40-41-42-43-46-48-50-53-56-59-62-65-68-71-83(88)95-74-80(86)75-97-102(91,92)98-76-81(87)77-99-103(93,94)100-79-82(101-85(90)73-70-67-64-61-58-55-52-49-45-33-30-27-24-21-18-15-12-9-6-3)78-96-84(89)72-69-66-63-60-57-54-51-47-44-32-29-26-23-20-17-14-11-8-5-2/h8-9,11-12,16-21,25-30,34-35,37-38,44-45,47,49,54,57,63,66,80-82,86-87H,4-7,10,13-15,22-24,31-33,36,39-43,46,48,50-53,55-56,58-62,64-65,67-79H2,1-3H3,(H,91,92)(H,93,94)/b11-8-,12-9-,19-16-,20-17-,21-18-,28-25-,29-26-,30-27-,35-34-,38-37-,47-44-,49-45-,57-54-,66-63-. The minimum Gasteiger partial charge on any atom is -0.463 e. The lowest BCUT2D eigenvalue weighted by molar-refractivity contribution is -0.161. The normalized spacial score (nSPS) is 14.9. The fourth-order valence-corrected chi connectivity index (χ4v) is 11.6. The fourth-order valence-electron chi connectivity index (χ4n) is 9.98. The molecule has 0 aliphatic heterocycles. The Bertz CT molecular complexity index is 2550. The van der Waals surface area contributed by atoms with E-state index in [1.54, 1.807) is 0 Å². The van der Waals surface area contributed by atoms with Gasteiger partial charge in [0.25, 0.3) is 0 Å². The molecule has 18 heteroatoms. The molecule has 16 nitrogen and oxygen atoms in total. The van der Waals surface area contributed by atoms with E-state index in [1.165, 1.54) is 83.5 Å². The summed E-state index contributed by atoms with van der Waals surface area (Å²) in [6, 6.07) is 0. The highest BCUT2D eigenvalue weighted by Crippen LogP contribution is 2.45. The summed E-state index contributed by atoms with van der Waals surface area (Å²) in [6.45, 7) is 2.31. The SMILES string of the molecule is CC/C=C\C/C=C\C/C=C\C/C=C\C/C=C\C/C=C\CCC(=O)OCC(COP(=O)(O)OCC(O)COP(=O)(O)OCC(O)COC(=O)CCCCCCCCCCCCCCC/C=C\C/C=C\C/C=C\C/C=C\CCCCC)OC(=O)CCCCCCCC/C=C\C/C=C\C/C=C\C/C=C\CC. The lowest BCUT2D eigenvalue weighted by Gasteiger charge is -2.21. The Morgan fingerprint density at radius 1 is 0.282 bits per heavy atom. The van der Waals surface area contributed by atoms with Crippen molar-refractivity contribution in [1.29, 1.82) is 0 Å². The van der Waals surface area contributed by atoms with Gasteiger partial charge in [0.05, 0.1) is 26.4 Å². The smallest absolute Gasteiger partial charge is 0.463 e. The van der Waals surface area contributed by atoms with Gasteiger partial charge in [0, 0.05) is 19.3 Å². The molecule has 0 saturated carbocycles. The van der Waals surface area contributed by atoms with Crippen LogP contribution in [0.1, 0.15) is 290 Å². The Hall–Kier alpha value is -5.09. The van der Waals surface area contributed by atoms with Gasteiger partial charge in [-0.3, -0.25) is 32.5 Å². The second-order valence-electron chi connectivity index (χ2n) is 25.7. The van der Waals surface area contributed by atoms with Crippen LogP contribution in [0.2, 0.25) is 0 Å². The maximum absolute atomic E-state index is 13.0. The molecular weight excluding hydrogens is 1340 g/mol. The molecule has 0 aliphatic carbocycles. The lowest BCUT2D eigenvalue weighted by atomic mass is 10.0. The molecule has 4 N–H and O–H groups in total. The fraction of sp³-hybridized carbons (Fsp3) is 0.635. The van der Waals surface area contributed by atoms with E-state index < -0.39 is 91.5 Å². The molecule has 0 aromatic carbocycles. The molecule has 0 saturated heterocycles. The van der Waals surface area contributed by atoms with Gasteiger partial charge >= 0.3 is 33.6 Å². The number of phosphoric ester groups is 2. The second-order valence-corrected chi connectivity index (χ2v) is 28.7. The minimum absolute atomic E-state index is 0.0356. The number of aliphatic hydroxyl groups is 2. The van der Waals surface area contributed by atoms with Gasteiger partial charge in [0.15, 0.2) is 6.10 Å². The highest BCUT2D eigenvalue weighted by atomic mass is 31.2. The number of carbonyl (C=O) groups excluding carboxylic acids is 3. The number of phosphoric acid groups is 2. The quantitative estimate of drug-likeness (QED) is 0.0146. The number of unbranched alkanes of at least 4 members (excludes halogenated alkanes) is 22. The van der Waals surface area contributed by atoms with Crippen LogP contribution in [-0.4, -0.2) is 95.9 Å². The van der Waals surface area contributed by atoms with Crippen molar-refractivity contribution in [3.8, 4) is 0 Å².